The molecule has 0 saturated heterocycles. The lowest BCUT2D eigenvalue weighted by molar-refractivity contribution is -0.384. The maximum absolute atomic E-state index is 10.9. The van der Waals surface area contributed by atoms with Crippen molar-refractivity contribution >= 4 is 22.1 Å². The second-order valence-electron chi connectivity index (χ2n) is 4.45. The third-order valence-electron chi connectivity index (χ3n) is 3.23. The molecule has 2 heterocycles. The van der Waals surface area contributed by atoms with Gasteiger partial charge in [-0.2, -0.15) is 10.4 Å². The zero-order chi connectivity index (χ0) is 14.4. The molecule has 0 saturated carbocycles. The molecule has 0 aliphatic heterocycles. The molecule has 0 atom stereocenters. The molecule has 0 radical (unpaired) electrons. The normalized spacial score (nSPS) is 10.8. The molecule has 7 heteroatoms. The first-order valence-corrected chi connectivity index (χ1v) is 5.87. The van der Waals surface area contributed by atoms with Crippen LogP contribution in [0.4, 0.5) is 5.69 Å². The van der Waals surface area contributed by atoms with Crippen LogP contribution in [0.25, 0.3) is 16.4 Å². The molecule has 2 aromatic heterocycles. The minimum Gasteiger partial charge on any atom is -0.258 e. The summed E-state index contributed by atoms with van der Waals surface area (Å²) in [7, 11) is 0. The highest BCUT2D eigenvalue weighted by atomic mass is 16.6. The van der Waals surface area contributed by atoms with E-state index in [1.807, 2.05) is 0 Å². The summed E-state index contributed by atoms with van der Waals surface area (Å²) in [6, 6.07) is 6.54. The Labute approximate surface area is 113 Å². The molecule has 0 spiro atoms. The van der Waals surface area contributed by atoms with Gasteiger partial charge in [-0.1, -0.05) is 0 Å². The van der Waals surface area contributed by atoms with Crippen LogP contribution in [0.2, 0.25) is 0 Å². The van der Waals surface area contributed by atoms with Crippen molar-refractivity contribution in [2.24, 2.45) is 0 Å². The van der Waals surface area contributed by atoms with Gasteiger partial charge in [-0.15, -0.1) is 0 Å². The molecule has 3 rings (SSSR count). The summed E-state index contributed by atoms with van der Waals surface area (Å²) in [5, 5.41) is 25.7. The maximum Gasteiger partial charge on any atom is 0.270 e. The van der Waals surface area contributed by atoms with Crippen LogP contribution >= 0.6 is 0 Å². The number of benzene rings is 1. The van der Waals surface area contributed by atoms with E-state index in [1.54, 1.807) is 24.4 Å². The van der Waals surface area contributed by atoms with Gasteiger partial charge in [0.25, 0.3) is 5.69 Å². The second kappa shape index (κ2) is 3.99. The van der Waals surface area contributed by atoms with Crippen LogP contribution in [0.5, 0.6) is 0 Å². The van der Waals surface area contributed by atoms with E-state index >= 15 is 0 Å². The van der Waals surface area contributed by atoms with Crippen LogP contribution in [0.15, 0.2) is 18.2 Å². The Kier molecular flexibility index (Phi) is 2.41. The average molecular weight is 267 g/mol. The Balaban J connectivity index is 2.59. The average Bonchev–Trinajstić information content (AvgIpc) is 2.81. The SMILES string of the molecule is Cc1nc2c3cc([N+](=O)[O-])ccc3c(C#N)c(C)n2n1. The molecule has 20 heavy (non-hydrogen) atoms. The molecule has 0 amide bonds. The molecule has 0 bridgehead atoms. The van der Waals surface area contributed by atoms with Gasteiger partial charge in [0.1, 0.15) is 11.9 Å². The molecule has 0 aliphatic rings. The van der Waals surface area contributed by atoms with E-state index in [2.05, 4.69) is 16.2 Å². The summed E-state index contributed by atoms with van der Waals surface area (Å²) in [6.07, 6.45) is 0. The number of rotatable bonds is 1. The molecule has 0 aliphatic carbocycles. The number of nitro benzene ring substituents is 1. The highest BCUT2D eigenvalue weighted by Gasteiger charge is 2.17. The largest absolute Gasteiger partial charge is 0.270 e. The topological polar surface area (TPSA) is 97.1 Å². The fourth-order valence-electron chi connectivity index (χ4n) is 2.31. The molecular weight excluding hydrogens is 258 g/mol. The lowest BCUT2D eigenvalue weighted by atomic mass is 10.0. The Bertz CT molecular complexity index is 920. The third-order valence-corrected chi connectivity index (χ3v) is 3.23. The fraction of sp³-hybridized carbons (Fsp3) is 0.154. The molecular formula is C13H9N5O2. The molecule has 1 aromatic carbocycles. The molecule has 7 nitrogen and oxygen atoms in total. The van der Waals surface area contributed by atoms with Crippen molar-refractivity contribution in [2.45, 2.75) is 13.8 Å². The summed E-state index contributed by atoms with van der Waals surface area (Å²) in [5.41, 5.74) is 1.61. The van der Waals surface area contributed by atoms with E-state index in [1.165, 1.54) is 12.1 Å². The number of non-ortho nitro benzene ring substituents is 1. The summed E-state index contributed by atoms with van der Waals surface area (Å²) in [6.45, 7) is 3.52. The number of fused-ring (bicyclic) bond motifs is 3. The van der Waals surface area contributed by atoms with Crippen LogP contribution in [0.3, 0.4) is 0 Å². The molecule has 98 valence electrons. The number of nitro groups is 1. The fourth-order valence-corrected chi connectivity index (χ4v) is 2.31. The summed E-state index contributed by atoms with van der Waals surface area (Å²) < 4.78 is 1.56. The highest BCUT2D eigenvalue weighted by Crippen LogP contribution is 2.28. The van der Waals surface area contributed by atoms with Crippen molar-refractivity contribution in [1.29, 1.82) is 5.26 Å². The summed E-state index contributed by atoms with van der Waals surface area (Å²) >= 11 is 0. The molecule has 0 unspecified atom stereocenters. The van der Waals surface area contributed by atoms with Gasteiger partial charge in [0.15, 0.2) is 5.65 Å². The van der Waals surface area contributed by atoms with Crippen LogP contribution in [-0.4, -0.2) is 19.5 Å². The van der Waals surface area contributed by atoms with Gasteiger partial charge in [-0.25, -0.2) is 9.50 Å². The van der Waals surface area contributed by atoms with Gasteiger partial charge in [0, 0.05) is 22.9 Å². The van der Waals surface area contributed by atoms with E-state index in [0.29, 0.717) is 33.5 Å². The van der Waals surface area contributed by atoms with Gasteiger partial charge in [0.2, 0.25) is 0 Å². The first-order chi connectivity index (χ1) is 9.52. The van der Waals surface area contributed by atoms with Gasteiger partial charge in [0.05, 0.1) is 16.2 Å². The van der Waals surface area contributed by atoms with Crippen molar-refractivity contribution in [1.82, 2.24) is 14.6 Å². The third kappa shape index (κ3) is 1.52. The quantitative estimate of drug-likeness (QED) is 0.497. The lowest BCUT2D eigenvalue weighted by Gasteiger charge is -2.06. The Hall–Kier alpha value is -3.01. The van der Waals surface area contributed by atoms with Gasteiger partial charge in [-0.3, -0.25) is 10.1 Å². The Morgan fingerprint density at radius 1 is 1.35 bits per heavy atom. The van der Waals surface area contributed by atoms with Crippen molar-refractivity contribution in [3.8, 4) is 6.07 Å². The number of hydrogen-bond donors (Lipinski definition) is 0. The number of pyridine rings is 1. The summed E-state index contributed by atoms with van der Waals surface area (Å²) in [4.78, 5) is 14.7. The zero-order valence-electron chi connectivity index (χ0n) is 10.8. The minimum atomic E-state index is -0.467. The Morgan fingerprint density at radius 3 is 2.75 bits per heavy atom. The van der Waals surface area contributed by atoms with Crippen molar-refractivity contribution in [3.05, 3.63) is 45.4 Å². The van der Waals surface area contributed by atoms with Gasteiger partial charge >= 0.3 is 0 Å². The number of aromatic nitrogens is 3. The van der Waals surface area contributed by atoms with Crippen molar-refractivity contribution in [2.75, 3.05) is 0 Å². The standard InChI is InChI=1S/C13H9N5O2/c1-7-12(6-14)10-4-3-9(18(19)20)5-11(10)13-15-8(2)16-17(7)13/h3-5H,1-2H3. The second-order valence-corrected chi connectivity index (χ2v) is 4.45. The van der Waals surface area contributed by atoms with E-state index in [-0.39, 0.29) is 5.69 Å². The van der Waals surface area contributed by atoms with Crippen LogP contribution < -0.4 is 0 Å². The van der Waals surface area contributed by atoms with Gasteiger partial charge < -0.3 is 0 Å². The van der Waals surface area contributed by atoms with E-state index in [9.17, 15) is 15.4 Å². The molecule has 0 fully saturated rings. The van der Waals surface area contributed by atoms with E-state index in [0.717, 1.165) is 0 Å². The van der Waals surface area contributed by atoms with Crippen LogP contribution in [0, 0.1) is 35.3 Å². The number of nitriles is 1. The number of aryl methyl sites for hydroxylation is 2. The lowest BCUT2D eigenvalue weighted by Crippen LogP contribution is -2.00. The monoisotopic (exact) mass is 267 g/mol. The predicted molar refractivity (Wildman–Crippen MR) is 71.3 cm³/mol. The van der Waals surface area contributed by atoms with E-state index < -0.39 is 4.92 Å². The van der Waals surface area contributed by atoms with E-state index in [4.69, 9.17) is 0 Å². The first-order valence-electron chi connectivity index (χ1n) is 5.87. The number of nitrogens with zero attached hydrogens (tertiary/aromatic N) is 5. The maximum atomic E-state index is 10.9. The first kappa shape index (κ1) is 12.0. The molecule has 0 N–H and O–H groups in total. The highest BCUT2D eigenvalue weighted by molar-refractivity contribution is 5.99. The molecule has 3 aromatic rings. The van der Waals surface area contributed by atoms with Crippen LogP contribution in [-0.2, 0) is 0 Å². The van der Waals surface area contributed by atoms with Crippen molar-refractivity contribution < 1.29 is 4.92 Å². The smallest absolute Gasteiger partial charge is 0.258 e. The summed E-state index contributed by atoms with van der Waals surface area (Å²) in [5.74, 6) is 0.552. The van der Waals surface area contributed by atoms with Crippen molar-refractivity contribution in [3.63, 3.8) is 0 Å². The Morgan fingerprint density at radius 2 is 2.10 bits per heavy atom. The van der Waals surface area contributed by atoms with Crippen LogP contribution in [0.1, 0.15) is 17.1 Å². The number of hydrogen-bond acceptors (Lipinski definition) is 5. The minimum absolute atomic E-state index is 0.0344. The predicted octanol–water partition coefficient (Wildman–Crippen LogP) is 2.28. The van der Waals surface area contributed by atoms with Gasteiger partial charge in [-0.05, 0) is 19.9 Å². The zero-order valence-corrected chi connectivity index (χ0v) is 10.8.